The van der Waals surface area contributed by atoms with Crippen LogP contribution in [0.25, 0.3) is 0 Å². The van der Waals surface area contributed by atoms with E-state index in [0.29, 0.717) is 5.76 Å². The quantitative estimate of drug-likeness (QED) is 0.813. The maximum Gasteiger partial charge on any atom is 0.317 e. The van der Waals surface area contributed by atoms with Crippen LogP contribution in [0.4, 0.5) is 4.79 Å². The second-order valence-electron chi connectivity index (χ2n) is 4.82. The number of nitrogens with one attached hydrogen (secondary N) is 1. The van der Waals surface area contributed by atoms with Gasteiger partial charge in [-0.15, -0.1) is 0 Å². The first kappa shape index (κ1) is 16.1. The average Bonchev–Trinajstić information content (AvgIpc) is 2.89. The van der Waals surface area contributed by atoms with Crippen LogP contribution in [-0.2, 0) is 9.53 Å². The summed E-state index contributed by atoms with van der Waals surface area (Å²) < 4.78 is 10.2. The van der Waals surface area contributed by atoms with Gasteiger partial charge in [0, 0.05) is 13.6 Å². The first-order chi connectivity index (χ1) is 9.41. The topological polar surface area (TPSA) is 71.8 Å². The third-order valence-corrected chi connectivity index (χ3v) is 2.83. The van der Waals surface area contributed by atoms with Crippen molar-refractivity contribution >= 4 is 12.0 Å². The number of amides is 2. The molecule has 0 saturated heterocycles. The normalized spacial score (nSPS) is 12.1. The zero-order valence-electron chi connectivity index (χ0n) is 12.4. The molecule has 0 spiro atoms. The number of rotatable bonds is 6. The van der Waals surface area contributed by atoms with E-state index < -0.39 is 0 Å². The molecule has 0 bridgehead atoms. The number of carbonyl (C=O) groups is 2. The Balaban J connectivity index is 2.33. The van der Waals surface area contributed by atoms with Crippen LogP contribution in [0.2, 0.25) is 0 Å². The molecule has 20 heavy (non-hydrogen) atoms. The summed E-state index contributed by atoms with van der Waals surface area (Å²) in [5.41, 5.74) is 0. The van der Waals surface area contributed by atoms with Crippen molar-refractivity contribution in [2.45, 2.75) is 39.3 Å². The van der Waals surface area contributed by atoms with Gasteiger partial charge in [-0.3, -0.25) is 4.79 Å². The van der Waals surface area contributed by atoms with E-state index in [4.69, 9.17) is 9.15 Å². The fourth-order valence-corrected chi connectivity index (χ4v) is 1.61. The molecular formula is C14H22N2O4. The van der Waals surface area contributed by atoms with Crippen LogP contribution in [0.3, 0.4) is 0 Å². The number of ether oxygens (including phenoxy) is 1. The Morgan fingerprint density at radius 1 is 1.40 bits per heavy atom. The highest BCUT2D eigenvalue weighted by Crippen LogP contribution is 2.18. The van der Waals surface area contributed by atoms with Crippen LogP contribution in [-0.4, -0.2) is 36.6 Å². The lowest BCUT2D eigenvalue weighted by molar-refractivity contribution is -0.147. The van der Waals surface area contributed by atoms with E-state index in [9.17, 15) is 9.59 Å². The summed E-state index contributed by atoms with van der Waals surface area (Å²) in [6, 6.07) is 3.16. The molecule has 0 fully saturated rings. The standard InChI is InChI=1S/C14H22N2O4/c1-10(2)20-13(17)7-8-15-14(18)16(4)11(3)12-6-5-9-19-12/h5-6,9-11H,7-8H2,1-4H3,(H,15,18). The molecule has 1 unspecified atom stereocenters. The van der Waals surface area contributed by atoms with Crippen molar-refractivity contribution in [2.75, 3.05) is 13.6 Å². The Morgan fingerprint density at radius 2 is 2.10 bits per heavy atom. The number of nitrogens with zero attached hydrogens (tertiary/aromatic N) is 1. The molecule has 6 heteroatoms. The second-order valence-corrected chi connectivity index (χ2v) is 4.82. The van der Waals surface area contributed by atoms with E-state index in [1.54, 1.807) is 33.2 Å². The van der Waals surface area contributed by atoms with Crippen molar-refractivity contribution in [3.8, 4) is 0 Å². The van der Waals surface area contributed by atoms with Gasteiger partial charge in [-0.05, 0) is 32.9 Å². The van der Waals surface area contributed by atoms with Gasteiger partial charge in [0.05, 0.1) is 24.8 Å². The lowest BCUT2D eigenvalue weighted by Gasteiger charge is -2.23. The first-order valence-electron chi connectivity index (χ1n) is 6.65. The Bertz CT molecular complexity index is 428. The summed E-state index contributed by atoms with van der Waals surface area (Å²) >= 11 is 0. The van der Waals surface area contributed by atoms with Gasteiger partial charge >= 0.3 is 12.0 Å². The van der Waals surface area contributed by atoms with E-state index in [2.05, 4.69) is 5.32 Å². The molecule has 0 aromatic carbocycles. The van der Waals surface area contributed by atoms with Crippen LogP contribution < -0.4 is 5.32 Å². The predicted octanol–water partition coefficient (Wildman–Crippen LogP) is 2.32. The summed E-state index contributed by atoms with van der Waals surface area (Å²) in [7, 11) is 1.68. The molecule has 0 radical (unpaired) electrons. The fraction of sp³-hybridized carbons (Fsp3) is 0.571. The highest BCUT2D eigenvalue weighted by atomic mass is 16.5. The molecule has 1 atom stereocenters. The zero-order chi connectivity index (χ0) is 15.1. The molecule has 1 rings (SSSR count). The molecule has 1 N–H and O–H groups in total. The van der Waals surface area contributed by atoms with E-state index in [0.717, 1.165) is 0 Å². The van der Waals surface area contributed by atoms with Crippen molar-refractivity contribution in [3.05, 3.63) is 24.2 Å². The Labute approximate surface area is 119 Å². The maximum atomic E-state index is 11.9. The number of esters is 1. The zero-order valence-corrected chi connectivity index (χ0v) is 12.4. The van der Waals surface area contributed by atoms with Gasteiger partial charge in [0.15, 0.2) is 0 Å². The van der Waals surface area contributed by atoms with Gasteiger partial charge < -0.3 is 19.4 Å². The number of hydrogen-bond donors (Lipinski definition) is 1. The molecule has 1 aromatic heterocycles. The van der Waals surface area contributed by atoms with E-state index in [-0.39, 0.29) is 37.1 Å². The molecule has 6 nitrogen and oxygen atoms in total. The Hall–Kier alpha value is -1.98. The summed E-state index contributed by atoms with van der Waals surface area (Å²) in [6.45, 7) is 5.69. The van der Waals surface area contributed by atoms with Gasteiger partial charge in [0.2, 0.25) is 0 Å². The monoisotopic (exact) mass is 282 g/mol. The highest BCUT2D eigenvalue weighted by Gasteiger charge is 2.19. The molecule has 0 aliphatic rings. The SMILES string of the molecule is CC(C)OC(=O)CCNC(=O)N(C)C(C)c1ccco1. The Morgan fingerprint density at radius 3 is 2.65 bits per heavy atom. The minimum atomic E-state index is -0.318. The van der Waals surface area contributed by atoms with Gasteiger partial charge in [-0.25, -0.2) is 4.79 Å². The number of urea groups is 1. The van der Waals surface area contributed by atoms with Crippen LogP contribution in [0.15, 0.2) is 22.8 Å². The van der Waals surface area contributed by atoms with Gasteiger partial charge in [-0.1, -0.05) is 0 Å². The lowest BCUT2D eigenvalue weighted by Crippen LogP contribution is -2.39. The van der Waals surface area contributed by atoms with E-state index in [1.807, 2.05) is 13.0 Å². The van der Waals surface area contributed by atoms with Crippen molar-refractivity contribution in [2.24, 2.45) is 0 Å². The summed E-state index contributed by atoms with van der Waals surface area (Å²) in [5.74, 6) is 0.393. The largest absolute Gasteiger partial charge is 0.467 e. The molecule has 0 aliphatic heterocycles. The van der Waals surface area contributed by atoms with Crippen molar-refractivity contribution in [1.82, 2.24) is 10.2 Å². The van der Waals surface area contributed by atoms with Gasteiger partial charge in [0.25, 0.3) is 0 Å². The molecule has 112 valence electrons. The fourth-order valence-electron chi connectivity index (χ4n) is 1.61. The highest BCUT2D eigenvalue weighted by molar-refractivity contribution is 5.75. The van der Waals surface area contributed by atoms with Crippen molar-refractivity contribution in [1.29, 1.82) is 0 Å². The number of furan rings is 1. The lowest BCUT2D eigenvalue weighted by atomic mass is 10.2. The first-order valence-corrected chi connectivity index (χ1v) is 6.65. The third-order valence-electron chi connectivity index (χ3n) is 2.83. The van der Waals surface area contributed by atoms with Crippen LogP contribution in [0, 0.1) is 0 Å². The Kier molecular flexibility index (Phi) is 6.09. The molecular weight excluding hydrogens is 260 g/mol. The molecule has 0 saturated carbocycles. The molecule has 2 amide bonds. The molecule has 1 heterocycles. The van der Waals surface area contributed by atoms with E-state index >= 15 is 0 Å². The van der Waals surface area contributed by atoms with Crippen molar-refractivity contribution < 1.29 is 18.7 Å². The smallest absolute Gasteiger partial charge is 0.317 e. The van der Waals surface area contributed by atoms with Crippen LogP contribution in [0.5, 0.6) is 0 Å². The van der Waals surface area contributed by atoms with Gasteiger partial charge in [0.1, 0.15) is 5.76 Å². The van der Waals surface area contributed by atoms with Gasteiger partial charge in [-0.2, -0.15) is 0 Å². The number of hydrogen-bond acceptors (Lipinski definition) is 4. The summed E-state index contributed by atoms with van der Waals surface area (Å²) in [5, 5.41) is 2.67. The predicted molar refractivity (Wildman–Crippen MR) is 74.1 cm³/mol. The summed E-state index contributed by atoms with van der Waals surface area (Å²) in [4.78, 5) is 24.7. The summed E-state index contributed by atoms with van der Waals surface area (Å²) in [6.07, 6.45) is 1.59. The minimum Gasteiger partial charge on any atom is -0.467 e. The van der Waals surface area contributed by atoms with Crippen molar-refractivity contribution in [3.63, 3.8) is 0 Å². The maximum absolute atomic E-state index is 11.9. The second kappa shape index (κ2) is 7.57. The third kappa shape index (κ3) is 4.95. The van der Waals surface area contributed by atoms with E-state index in [1.165, 1.54) is 4.90 Å². The molecule has 0 aliphatic carbocycles. The molecule has 1 aromatic rings. The average molecular weight is 282 g/mol. The van der Waals surface area contributed by atoms with Crippen LogP contribution in [0.1, 0.15) is 39.0 Å². The minimum absolute atomic E-state index is 0.139. The number of carbonyl (C=O) groups excluding carboxylic acids is 2. The van der Waals surface area contributed by atoms with Crippen LogP contribution >= 0.6 is 0 Å².